The van der Waals surface area contributed by atoms with Crippen LogP contribution in [-0.2, 0) is 6.54 Å². The molecule has 0 aliphatic carbocycles. The van der Waals surface area contributed by atoms with E-state index in [-0.39, 0.29) is 11.0 Å². The molecule has 14 heavy (non-hydrogen) atoms. The van der Waals surface area contributed by atoms with E-state index < -0.39 is 0 Å². The van der Waals surface area contributed by atoms with Crippen LogP contribution in [0, 0.1) is 16.7 Å². The number of aryl methyl sites for hydroxylation is 1. The minimum Gasteiger partial charge on any atom is -0.315 e. The van der Waals surface area contributed by atoms with Crippen molar-refractivity contribution in [1.29, 1.82) is 5.26 Å². The Bertz CT molecular complexity index is 398. The Balaban J connectivity index is 2.69. The van der Waals surface area contributed by atoms with Crippen LogP contribution < -0.4 is 5.56 Å². The third-order valence-electron chi connectivity index (χ3n) is 2.18. The number of aromatic nitrogens is 1. The lowest BCUT2D eigenvalue weighted by molar-refractivity contribution is 0.409. The molecule has 0 fully saturated rings. The van der Waals surface area contributed by atoms with Crippen molar-refractivity contribution >= 4 is 0 Å². The van der Waals surface area contributed by atoms with Crippen molar-refractivity contribution in [3.63, 3.8) is 0 Å². The van der Waals surface area contributed by atoms with Crippen LogP contribution in [0.1, 0.15) is 20.3 Å². The number of pyridine rings is 1. The van der Waals surface area contributed by atoms with Crippen LogP contribution >= 0.6 is 0 Å². The van der Waals surface area contributed by atoms with E-state index in [1.54, 1.807) is 16.8 Å². The maximum absolute atomic E-state index is 11.3. The van der Waals surface area contributed by atoms with E-state index in [1.165, 1.54) is 6.07 Å². The highest BCUT2D eigenvalue weighted by Crippen LogP contribution is 2.18. The number of nitriles is 1. The number of rotatable bonds is 3. The first-order chi connectivity index (χ1) is 6.55. The summed E-state index contributed by atoms with van der Waals surface area (Å²) in [5, 5.41) is 8.80. The largest absolute Gasteiger partial charge is 0.315 e. The standard InChI is InChI=1S/C11H14N2O/c1-11(2,9-12)6-8-13-7-4-3-5-10(13)14/h3-5,7H,6,8H2,1-2H3. The van der Waals surface area contributed by atoms with Crippen molar-refractivity contribution < 1.29 is 0 Å². The predicted molar refractivity (Wildman–Crippen MR) is 54.7 cm³/mol. The summed E-state index contributed by atoms with van der Waals surface area (Å²) >= 11 is 0. The fraction of sp³-hybridized carbons (Fsp3) is 0.455. The van der Waals surface area contributed by atoms with Gasteiger partial charge in [0, 0.05) is 18.8 Å². The maximum Gasteiger partial charge on any atom is 0.250 e. The van der Waals surface area contributed by atoms with E-state index in [9.17, 15) is 4.79 Å². The van der Waals surface area contributed by atoms with Gasteiger partial charge in [-0.05, 0) is 26.3 Å². The van der Waals surface area contributed by atoms with Gasteiger partial charge >= 0.3 is 0 Å². The molecule has 0 aromatic carbocycles. The normalized spacial score (nSPS) is 10.9. The number of hydrogen-bond acceptors (Lipinski definition) is 2. The minimum atomic E-state index is -0.366. The Kier molecular flexibility index (Phi) is 3.08. The smallest absolute Gasteiger partial charge is 0.250 e. The molecule has 3 heteroatoms. The molecule has 0 aliphatic rings. The van der Waals surface area contributed by atoms with Crippen molar-refractivity contribution in [1.82, 2.24) is 4.57 Å². The molecular weight excluding hydrogens is 176 g/mol. The van der Waals surface area contributed by atoms with E-state index in [4.69, 9.17) is 5.26 Å². The van der Waals surface area contributed by atoms with Crippen LogP contribution in [-0.4, -0.2) is 4.57 Å². The van der Waals surface area contributed by atoms with Gasteiger partial charge in [-0.3, -0.25) is 4.79 Å². The van der Waals surface area contributed by atoms with Crippen LogP contribution in [0.2, 0.25) is 0 Å². The molecule has 0 atom stereocenters. The Hall–Kier alpha value is -1.56. The molecule has 3 nitrogen and oxygen atoms in total. The maximum atomic E-state index is 11.3. The molecule has 0 saturated heterocycles. The second-order valence-electron chi connectivity index (χ2n) is 3.98. The Morgan fingerprint density at radius 1 is 1.50 bits per heavy atom. The third-order valence-corrected chi connectivity index (χ3v) is 2.18. The summed E-state index contributed by atoms with van der Waals surface area (Å²) in [6, 6.07) is 7.28. The topological polar surface area (TPSA) is 45.8 Å². The third kappa shape index (κ3) is 2.74. The first-order valence-electron chi connectivity index (χ1n) is 4.62. The first kappa shape index (κ1) is 10.5. The fourth-order valence-electron chi connectivity index (χ4n) is 1.10. The summed E-state index contributed by atoms with van der Waals surface area (Å²) in [4.78, 5) is 11.3. The van der Waals surface area contributed by atoms with E-state index in [1.807, 2.05) is 19.9 Å². The van der Waals surface area contributed by atoms with Gasteiger partial charge in [-0.25, -0.2) is 0 Å². The molecule has 1 aromatic heterocycles. The number of nitrogens with zero attached hydrogens (tertiary/aromatic N) is 2. The van der Waals surface area contributed by atoms with Gasteiger partial charge in [-0.15, -0.1) is 0 Å². The van der Waals surface area contributed by atoms with Crippen molar-refractivity contribution in [3.8, 4) is 6.07 Å². The molecule has 0 bridgehead atoms. The van der Waals surface area contributed by atoms with Gasteiger partial charge < -0.3 is 4.57 Å². The molecule has 1 aromatic rings. The highest BCUT2D eigenvalue weighted by atomic mass is 16.1. The highest BCUT2D eigenvalue weighted by molar-refractivity contribution is 4.95. The summed E-state index contributed by atoms with van der Waals surface area (Å²) < 4.78 is 1.62. The molecule has 0 amide bonds. The molecule has 74 valence electrons. The molecule has 0 N–H and O–H groups in total. The molecule has 0 radical (unpaired) electrons. The molecule has 0 unspecified atom stereocenters. The van der Waals surface area contributed by atoms with Gasteiger partial charge in [0.2, 0.25) is 5.56 Å². The van der Waals surface area contributed by atoms with E-state index in [0.29, 0.717) is 13.0 Å². The van der Waals surface area contributed by atoms with Crippen LogP contribution in [0.25, 0.3) is 0 Å². The van der Waals surface area contributed by atoms with Crippen molar-refractivity contribution in [2.24, 2.45) is 5.41 Å². The Morgan fingerprint density at radius 3 is 2.79 bits per heavy atom. The van der Waals surface area contributed by atoms with E-state index in [2.05, 4.69) is 6.07 Å². The van der Waals surface area contributed by atoms with Crippen molar-refractivity contribution in [2.45, 2.75) is 26.8 Å². The highest BCUT2D eigenvalue weighted by Gasteiger charge is 2.16. The fourth-order valence-corrected chi connectivity index (χ4v) is 1.10. The van der Waals surface area contributed by atoms with Gasteiger partial charge in [-0.1, -0.05) is 6.07 Å². The second-order valence-corrected chi connectivity index (χ2v) is 3.98. The molecular formula is C11H14N2O. The van der Waals surface area contributed by atoms with Gasteiger partial charge in [0.1, 0.15) is 0 Å². The zero-order valence-corrected chi connectivity index (χ0v) is 8.53. The molecule has 1 heterocycles. The zero-order valence-electron chi connectivity index (χ0n) is 8.53. The van der Waals surface area contributed by atoms with Crippen LogP contribution in [0.15, 0.2) is 29.2 Å². The lowest BCUT2D eigenvalue weighted by Gasteiger charge is -2.15. The van der Waals surface area contributed by atoms with Crippen molar-refractivity contribution in [3.05, 3.63) is 34.7 Å². The van der Waals surface area contributed by atoms with Gasteiger partial charge in [0.05, 0.1) is 11.5 Å². The average molecular weight is 190 g/mol. The number of hydrogen-bond donors (Lipinski definition) is 0. The second kappa shape index (κ2) is 4.10. The van der Waals surface area contributed by atoms with Gasteiger partial charge in [-0.2, -0.15) is 5.26 Å². The van der Waals surface area contributed by atoms with Gasteiger partial charge in [0.15, 0.2) is 0 Å². The quantitative estimate of drug-likeness (QED) is 0.729. The molecule has 1 rings (SSSR count). The lowest BCUT2D eigenvalue weighted by Crippen LogP contribution is -2.21. The molecule has 0 aliphatic heterocycles. The van der Waals surface area contributed by atoms with Crippen LogP contribution in [0.4, 0.5) is 0 Å². The Morgan fingerprint density at radius 2 is 2.21 bits per heavy atom. The summed E-state index contributed by atoms with van der Waals surface area (Å²) in [5.41, 5.74) is -0.379. The Labute approximate surface area is 83.6 Å². The van der Waals surface area contributed by atoms with Crippen LogP contribution in [0.5, 0.6) is 0 Å². The van der Waals surface area contributed by atoms with Crippen LogP contribution in [0.3, 0.4) is 0 Å². The average Bonchev–Trinajstić information content (AvgIpc) is 2.17. The first-order valence-corrected chi connectivity index (χ1v) is 4.62. The summed E-state index contributed by atoms with van der Waals surface area (Å²) in [7, 11) is 0. The monoisotopic (exact) mass is 190 g/mol. The summed E-state index contributed by atoms with van der Waals surface area (Å²) in [5.74, 6) is 0. The summed E-state index contributed by atoms with van der Waals surface area (Å²) in [6.45, 7) is 4.35. The van der Waals surface area contributed by atoms with E-state index >= 15 is 0 Å². The molecule has 0 spiro atoms. The van der Waals surface area contributed by atoms with Crippen molar-refractivity contribution in [2.75, 3.05) is 0 Å². The molecule has 0 saturated carbocycles. The lowest BCUT2D eigenvalue weighted by atomic mass is 9.91. The van der Waals surface area contributed by atoms with Gasteiger partial charge in [0.25, 0.3) is 0 Å². The predicted octanol–water partition coefficient (Wildman–Crippen LogP) is 1.79. The van der Waals surface area contributed by atoms with E-state index in [0.717, 1.165) is 0 Å². The summed E-state index contributed by atoms with van der Waals surface area (Å²) in [6.07, 6.45) is 2.43. The zero-order chi connectivity index (χ0) is 10.6. The minimum absolute atomic E-state index is 0.0127. The SMILES string of the molecule is CC(C)(C#N)CCn1ccccc1=O.